The Morgan fingerprint density at radius 1 is 0.593 bits per heavy atom. The van der Waals surface area contributed by atoms with E-state index in [9.17, 15) is 0 Å². The van der Waals surface area contributed by atoms with E-state index < -0.39 is 0 Å². The SMILES string of the molecule is c1ccc(C2=P\P=P/CCC/C(c3ccccc3)=C\2c2ccccc2)cc1. The van der Waals surface area contributed by atoms with Crippen molar-refractivity contribution in [2.24, 2.45) is 0 Å². The molecule has 1 aliphatic heterocycles. The van der Waals surface area contributed by atoms with E-state index in [2.05, 4.69) is 91.0 Å². The first-order valence-corrected chi connectivity index (χ1v) is 13.6. The van der Waals surface area contributed by atoms with Crippen molar-refractivity contribution in [3.63, 3.8) is 0 Å². The molecule has 0 atom stereocenters. The summed E-state index contributed by atoms with van der Waals surface area (Å²) >= 11 is 0. The second kappa shape index (κ2) is 9.39. The van der Waals surface area contributed by atoms with Crippen molar-refractivity contribution in [2.75, 3.05) is 6.16 Å². The van der Waals surface area contributed by atoms with Crippen LogP contribution in [-0.4, -0.2) is 11.5 Å². The minimum absolute atomic E-state index is 1.13. The van der Waals surface area contributed by atoms with E-state index in [0.29, 0.717) is 0 Å². The molecule has 1 heterocycles. The molecule has 0 saturated heterocycles. The zero-order valence-corrected chi connectivity index (χ0v) is 17.8. The van der Waals surface area contributed by atoms with Crippen molar-refractivity contribution >= 4 is 39.8 Å². The summed E-state index contributed by atoms with van der Waals surface area (Å²) in [6.45, 7) is 0. The van der Waals surface area contributed by atoms with Crippen LogP contribution in [0.2, 0.25) is 0 Å². The van der Waals surface area contributed by atoms with Gasteiger partial charge in [0.05, 0.1) is 0 Å². The second-order valence-electron chi connectivity index (χ2n) is 6.46. The summed E-state index contributed by atoms with van der Waals surface area (Å²) in [6, 6.07) is 32.9. The van der Waals surface area contributed by atoms with Crippen LogP contribution in [0.25, 0.3) is 11.1 Å². The van der Waals surface area contributed by atoms with Crippen molar-refractivity contribution in [2.45, 2.75) is 12.8 Å². The van der Waals surface area contributed by atoms with Crippen molar-refractivity contribution in [3.05, 3.63) is 108 Å². The molecule has 0 unspecified atom stereocenters. The molecule has 0 radical (unpaired) electrons. The molecule has 3 aromatic rings. The van der Waals surface area contributed by atoms with Gasteiger partial charge in [-0.05, 0) is 62.3 Å². The summed E-state index contributed by atoms with van der Waals surface area (Å²) in [4.78, 5) is 0. The zero-order chi connectivity index (χ0) is 18.3. The van der Waals surface area contributed by atoms with Crippen molar-refractivity contribution < 1.29 is 0 Å². The summed E-state index contributed by atoms with van der Waals surface area (Å²) in [5.41, 5.74) is 6.95. The first-order chi connectivity index (χ1) is 13.4. The maximum Gasteiger partial charge on any atom is 0.0220 e. The van der Waals surface area contributed by atoms with Crippen LogP contribution in [0.3, 0.4) is 0 Å². The van der Waals surface area contributed by atoms with E-state index in [1.54, 1.807) is 0 Å². The van der Waals surface area contributed by atoms with Crippen LogP contribution in [0.1, 0.15) is 29.5 Å². The first-order valence-electron chi connectivity index (χ1n) is 9.28. The monoisotopic (exact) mass is 402 g/mol. The Kier molecular flexibility index (Phi) is 6.45. The molecule has 0 saturated carbocycles. The molecular weight excluding hydrogens is 381 g/mol. The first kappa shape index (κ1) is 18.5. The standard InChI is InChI=1S/C24H21P3/c1-4-11-19(12-5-1)22-17-10-18-25-27-26-24(21-15-8-3-9-16-21)23(22)20-13-6-2-7-14-20/h1-9,11-16H,10,17-18H2/b23-22+. The Balaban J connectivity index is 2.02. The molecule has 1 aliphatic rings. The van der Waals surface area contributed by atoms with E-state index in [0.717, 1.165) is 6.42 Å². The van der Waals surface area contributed by atoms with E-state index >= 15 is 0 Å². The normalized spacial score (nSPS) is 20.7. The number of hydrogen-bond donors (Lipinski definition) is 0. The number of rotatable bonds is 3. The van der Waals surface area contributed by atoms with Gasteiger partial charge in [0.2, 0.25) is 0 Å². The highest BCUT2D eigenvalue weighted by Crippen LogP contribution is 2.42. The molecule has 0 spiro atoms. The Labute approximate surface area is 166 Å². The summed E-state index contributed by atoms with van der Waals surface area (Å²) in [5, 5.41) is 1.46. The Morgan fingerprint density at radius 3 is 1.78 bits per heavy atom. The molecule has 0 fully saturated rings. The van der Waals surface area contributed by atoms with Crippen LogP contribution < -0.4 is 0 Å². The average molecular weight is 402 g/mol. The van der Waals surface area contributed by atoms with Crippen LogP contribution in [0.4, 0.5) is 0 Å². The smallest absolute Gasteiger partial charge is 0.0220 e. The molecule has 27 heavy (non-hydrogen) atoms. The molecule has 0 bridgehead atoms. The van der Waals surface area contributed by atoms with Crippen LogP contribution >= 0.6 is 23.3 Å². The predicted octanol–water partition coefficient (Wildman–Crippen LogP) is 8.28. The highest BCUT2D eigenvalue weighted by molar-refractivity contribution is 8.24. The van der Waals surface area contributed by atoms with Gasteiger partial charge in [0.15, 0.2) is 0 Å². The van der Waals surface area contributed by atoms with Gasteiger partial charge in [0.1, 0.15) is 0 Å². The highest BCUT2D eigenvalue weighted by Gasteiger charge is 2.18. The lowest BCUT2D eigenvalue weighted by Gasteiger charge is -2.19. The summed E-state index contributed by atoms with van der Waals surface area (Å²) in [5.74, 6) is 0. The third-order valence-electron chi connectivity index (χ3n) is 4.66. The maximum absolute atomic E-state index is 2.27. The largest absolute Gasteiger partial charge is 0.0664 e. The Hall–Kier alpha value is -1.83. The molecule has 3 heteroatoms. The van der Waals surface area contributed by atoms with Crippen molar-refractivity contribution in [3.8, 4) is 0 Å². The lowest BCUT2D eigenvalue weighted by atomic mass is 9.87. The summed E-state index contributed by atoms with van der Waals surface area (Å²) in [6.07, 6.45) is 3.64. The van der Waals surface area contributed by atoms with Gasteiger partial charge >= 0.3 is 0 Å². The molecule has 4 rings (SSSR count). The van der Waals surface area contributed by atoms with Gasteiger partial charge in [-0.25, -0.2) is 0 Å². The fourth-order valence-electron chi connectivity index (χ4n) is 3.41. The minimum atomic E-state index is 1.13. The van der Waals surface area contributed by atoms with E-state index in [-0.39, 0.29) is 0 Å². The Morgan fingerprint density at radius 2 is 1.15 bits per heavy atom. The predicted molar refractivity (Wildman–Crippen MR) is 125 cm³/mol. The van der Waals surface area contributed by atoms with Gasteiger partial charge in [-0.15, -0.1) is 0 Å². The van der Waals surface area contributed by atoms with Crippen molar-refractivity contribution in [1.82, 2.24) is 0 Å². The molecule has 0 aromatic heterocycles. The number of benzene rings is 3. The maximum atomic E-state index is 2.27. The molecule has 0 N–H and O–H groups in total. The van der Waals surface area contributed by atoms with Crippen molar-refractivity contribution in [1.29, 1.82) is 0 Å². The van der Waals surface area contributed by atoms with E-state index in [1.807, 2.05) is 0 Å². The van der Waals surface area contributed by atoms with Gasteiger partial charge in [0.25, 0.3) is 0 Å². The second-order valence-corrected chi connectivity index (χ2v) is 11.6. The summed E-state index contributed by atoms with van der Waals surface area (Å²) < 4.78 is 0. The van der Waals surface area contributed by atoms with Gasteiger partial charge in [-0.3, -0.25) is 0 Å². The molecule has 132 valence electrons. The van der Waals surface area contributed by atoms with E-state index in [4.69, 9.17) is 0 Å². The van der Waals surface area contributed by atoms with Gasteiger partial charge in [-0.1, -0.05) is 98.9 Å². The molecule has 3 aromatic carbocycles. The number of allylic oxidation sites excluding steroid dienone is 2. The molecular formula is C24H21P3. The molecule has 0 nitrogen and oxygen atoms in total. The van der Waals surface area contributed by atoms with E-state index in [1.165, 1.54) is 69.0 Å². The molecule has 0 aliphatic carbocycles. The van der Waals surface area contributed by atoms with Crippen LogP contribution in [0, 0.1) is 0 Å². The lowest BCUT2D eigenvalue weighted by molar-refractivity contribution is 0.989. The zero-order valence-electron chi connectivity index (χ0n) is 15.1. The Bertz CT molecular complexity index is 972. The fourth-order valence-corrected chi connectivity index (χ4v) is 8.55. The number of hydrogen-bond acceptors (Lipinski definition) is 0. The third kappa shape index (κ3) is 4.54. The topological polar surface area (TPSA) is 0 Å². The van der Waals surface area contributed by atoms with Gasteiger partial charge in [-0.2, -0.15) is 0 Å². The van der Waals surface area contributed by atoms with Gasteiger partial charge in [0, 0.05) is 5.29 Å². The average Bonchev–Trinajstić information content (AvgIpc) is 2.86. The highest BCUT2D eigenvalue weighted by atomic mass is 32.2. The lowest BCUT2D eigenvalue weighted by Crippen LogP contribution is -2.05. The fraction of sp³-hybridized carbons (Fsp3) is 0.125. The van der Waals surface area contributed by atoms with Crippen LogP contribution in [0.15, 0.2) is 91.0 Å². The third-order valence-corrected chi connectivity index (χ3v) is 9.87. The minimum Gasteiger partial charge on any atom is -0.0664 e. The van der Waals surface area contributed by atoms with Gasteiger partial charge < -0.3 is 0 Å². The quantitative estimate of drug-likeness (QED) is 0.387. The molecule has 0 amide bonds. The van der Waals surface area contributed by atoms with Crippen LogP contribution in [-0.2, 0) is 0 Å². The van der Waals surface area contributed by atoms with Crippen LogP contribution in [0.5, 0.6) is 0 Å². The summed E-state index contributed by atoms with van der Waals surface area (Å²) in [7, 11) is 4.41.